The smallest absolute Gasteiger partial charge is 0.330 e. The molecule has 2 aliphatic rings. The molecule has 0 saturated carbocycles. The van der Waals surface area contributed by atoms with E-state index in [1.807, 2.05) is 24.3 Å². The topological polar surface area (TPSA) is 97.5 Å². The molecule has 0 bridgehead atoms. The molecule has 0 aliphatic heterocycles. The van der Waals surface area contributed by atoms with Crippen LogP contribution in [0.1, 0.15) is 68.3 Å². The van der Waals surface area contributed by atoms with Crippen LogP contribution in [0.5, 0.6) is 0 Å². The highest BCUT2D eigenvalue weighted by Gasteiger charge is 2.22. The van der Waals surface area contributed by atoms with Gasteiger partial charge >= 0.3 is 11.9 Å². The monoisotopic (exact) mass is 590 g/mol. The molecule has 44 heavy (non-hydrogen) atoms. The molecule has 0 fully saturated rings. The second kappa shape index (κ2) is 14.1. The first-order valence-corrected chi connectivity index (χ1v) is 15.0. The maximum absolute atomic E-state index is 11.4. The summed E-state index contributed by atoms with van der Waals surface area (Å²) in [5, 5.41) is 5.07. The Morgan fingerprint density at radius 3 is 2.30 bits per heavy atom. The molecule has 2 N–H and O–H groups in total. The van der Waals surface area contributed by atoms with Gasteiger partial charge in [-0.2, -0.15) is 0 Å². The number of para-hydroxylation sites is 1. The van der Waals surface area contributed by atoms with Crippen LogP contribution >= 0.6 is 0 Å². The lowest BCUT2D eigenvalue weighted by Crippen LogP contribution is -2.22. The van der Waals surface area contributed by atoms with Gasteiger partial charge in [0.05, 0.1) is 14.2 Å². The number of benzene rings is 3. The summed E-state index contributed by atoms with van der Waals surface area (Å²) in [5.41, 5.74) is 10.5. The molecule has 2 aliphatic carbocycles. The molecule has 226 valence electrons. The van der Waals surface area contributed by atoms with Crippen molar-refractivity contribution in [2.45, 2.75) is 45.1 Å². The lowest BCUT2D eigenvalue weighted by molar-refractivity contribution is -0.135. The van der Waals surface area contributed by atoms with Gasteiger partial charge in [-0.25, -0.2) is 9.59 Å². The van der Waals surface area contributed by atoms with E-state index in [0.717, 1.165) is 54.5 Å². The number of carbonyl (C=O) groups is 3. The molecule has 6 rings (SSSR count). The maximum Gasteiger partial charge on any atom is 0.330 e. The lowest BCUT2D eigenvalue weighted by atomic mass is 10.0. The third kappa shape index (κ3) is 7.24. The Kier molecular flexibility index (Phi) is 9.87. The maximum atomic E-state index is 11.4. The Morgan fingerprint density at radius 2 is 1.57 bits per heavy atom. The predicted molar refractivity (Wildman–Crippen MR) is 173 cm³/mol. The van der Waals surface area contributed by atoms with Crippen molar-refractivity contribution < 1.29 is 23.9 Å². The van der Waals surface area contributed by atoms with E-state index in [9.17, 15) is 14.4 Å². The summed E-state index contributed by atoms with van der Waals surface area (Å²) >= 11 is 0. The van der Waals surface area contributed by atoms with Crippen LogP contribution in [0.15, 0.2) is 72.8 Å². The van der Waals surface area contributed by atoms with Gasteiger partial charge in [-0.05, 0) is 90.8 Å². The Labute approximate surface area is 258 Å². The molecule has 7 nitrogen and oxygen atoms in total. The number of Topliss-reactive ketones (excluding diaryl/α,β-unsaturated/α-hetero) is 1. The minimum atomic E-state index is -0.378. The van der Waals surface area contributed by atoms with E-state index in [-0.39, 0.29) is 17.7 Å². The van der Waals surface area contributed by atoms with E-state index in [4.69, 9.17) is 0 Å². The van der Waals surface area contributed by atoms with E-state index in [2.05, 4.69) is 69.2 Å². The van der Waals surface area contributed by atoms with Gasteiger partial charge < -0.3 is 19.8 Å². The van der Waals surface area contributed by atoms with Crippen molar-refractivity contribution in [3.63, 3.8) is 0 Å². The van der Waals surface area contributed by atoms with Crippen molar-refractivity contribution in [3.05, 3.63) is 117 Å². The van der Waals surface area contributed by atoms with Gasteiger partial charge in [-0.3, -0.25) is 4.79 Å². The number of aryl methyl sites for hydroxylation is 3. The number of fused-ring (bicyclic) bond motifs is 3. The zero-order chi connectivity index (χ0) is 31.1. The van der Waals surface area contributed by atoms with Gasteiger partial charge in [0.15, 0.2) is 5.78 Å². The van der Waals surface area contributed by atoms with Crippen LogP contribution in [0.3, 0.4) is 0 Å². The van der Waals surface area contributed by atoms with Crippen molar-refractivity contribution >= 4 is 40.8 Å². The number of rotatable bonds is 8. The van der Waals surface area contributed by atoms with Crippen LogP contribution in [0, 0.1) is 6.92 Å². The number of esters is 2. The normalized spacial score (nSPS) is 15.3. The first-order valence-electron chi connectivity index (χ1n) is 15.0. The Bertz CT molecular complexity index is 1750. The summed E-state index contributed by atoms with van der Waals surface area (Å²) in [5.74, 6) is -0.498. The number of aromatic amines is 1. The molecule has 1 unspecified atom stereocenters. The van der Waals surface area contributed by atoms with E-state index >= 15 is 0 Å². The van der Waals surface area contributed by atoms with Crippen LogP contribution in [0.2, 0.25) is 0 Å². The zero-order valence-corrected chi connectivity index (χ0v) is 25.4. The third-order valence-corrected chi connectivity index (χ3v) is 8.31. The highest BCUT2D eigenvalue weighted by atomic mass is 16.5. The highest BCUT2D eigenvalue weighted by Crippen LogP contribution is 2.32. The Morgan fingerprint density at radius 1 is 0.886 bits per heavy atom. The number of hydrogen-bond acceptors (Lipinski definition) is 6. The Hall–Kier alpha value is -4.75. The minimum absolute atomic E-state index is 0.207. The van der Waals surface area contributed by atoms with Crippen LogP contribution in [0.4, 0.5) is 0 Å². The Balaban J connectivity index is 0.000000204. The molecule has 3 aromatic carbocycles. The second-order valence-electron chi connectivity index (χ2n) is 11.1. The summed E-state index contributed by atoms with van der Waals surface area (Å²) in [6, 6.07) is 21.0. The second-order valence-corrected chi connectivity index (χ2v) is 11.1. The molecule has 1 atom stereocenters. The van der Waals surface area contributed by atoms with Crippen LogP contribution in [-0.4, -0.2) is 43.5 Å². The summed E-state index contributed by atoms with van der Waals surface area (Å²) < 4.78 is 9.16. The molecule has 0 radical (unpaired) electrons. The van der Waals surface area contributed by atoms with Crippen molar-refractivity contribution in [1.82, 2.24) is 10.3 Å². The largest absolute Gasteiger partial charge is 0.466 e. The fraction of sp³-hybridized carbons (Fsp3) is 0.270. The molecule has 0 spiro atoms. The van der Waals surface area contributed by atoms with Crippen LogP contribution < -0.4 is 5.32 Å². The van der Waals surface area contributed by atoms with Crippen molar-refractivity contribution in [3.8, 4) is 0 Å². The van der Waals surface area contributed by atoms with Crippen molar-refractivity contribution in [2.75, 3.05) is 20.8 Å². The van der Waals surface area contributed by atoms with E-state index < -0.39 is 0 Å². The van der Waals surface area contributed by atoms with Gasteiger partial charge in [-0.1, -0.05) is 54.6 Å². The number of hydrogen-bond donors (Lipinski definition) is 2. The zero-order valence-electron chi connectivity index (χ0n) is 25.4. The SMILES string of the molecule is COC(=O)/C=C/c1ccc2c(c1)CCC2=O.COC(=O)/C=C/c1ccc2c(c1)CCC2NCCc1c(C)[nH]c2ccccc12. The lowest BCUT2D eigenvalue weighted by Gasteiger charge is -2.14. The number of ether oxygens (including phenoxy) is 2. The molecule has 4 aromatic rings. The number of carbonyl (C=O) groups excluding carboxylic acids is 3. The van der Waals surface area contributed by atoms with E-state index in [0.29, 0.717) is 12.5 Å². The fourth-order valence-electron chi connectivity index (χ4n) is 6.03. The summed E-state index contributed by atoms with van der Waals surface area (Å²) in [6.07, 6.45) is 10.9. The number of H-pyrrole nitrogens is 1. The van der Waals surface area contributed by atoms with Crippen LogP contribution in [-0.2, 0) is 38.3 Å². The third-order valence-electron chi connectivity index (χ3n) is 8.31. The number of aromatic nitrogens is 1. The van der Waals surface area contributed by atoms with Gasteiger partial charge in [-0.15, -0.1) is 0 Å². The minimum Gasteiger partial charge on any atom is -0.466 e. The highest BCUT2D eigenvalue weighted by molar-refractivity contribution is 6.00. The van der Waals surface area contributed by atoms with Crippen molar-refractivity contribution in [2.24, 2.45) is 0 Å². The molecule has 0 amide bonds. The van der Waals surface area contributed by atoms with E-state index in [1.54, 1.807) is 6.08 Å². The van der Waals surface area contributed by atoms with Gasteiger partial charge in [0.2, 0.25) is 0 Å². The molecule has 0 saturated heterocycles. The standard InChI is InChI=1S/C24H26N2O2.C13H12O3/c1-16-19(21-5-3-4-6-23(21)26-16)13-14-25-22-11-9-18-15-17(7-10-20(18)22)8-12-24(27)28-2;1-16-13(15)7-3-9-2-5-11-10(8-9)4-6-12(11)14/h3-8,10,12,15,22,25-26H,9,11,13-14H2,1-2H3;2-3,5,7-8H,4,6H2,1H3/b12-8+;7-3+. The molecular weight excluding hydrogens is 552 g/mol. The number of methoxy groups -OCH3 is 2. The number of nitrogens with one attached hydrogen (secondary N) is 2. The van der Waals surface area contributed by atoms with Crippen molar-refractivity contribution in [1.29, 1.82) is 0 Å². The molecule has 1 heterocycles. The van der Waals surface area contributed by atoms with Gasteiger partial charge in [0, 0.05) is 46.8 Å². The van der Waals surface area contributed by atoms with Gasteiger partial charge in [0.1, 0.15) is 0 Å². The first-order chi connectivity index (χ1) is 21.4. The molecule has 7 heteroatoms. The fourth-order valence-corrected chi connectivity index (χ4v) is 6.03. The first kappa shape index (κ1) is 30.7. The summed E-state index contributed by atoms with van der Waals surface area (Å²) in [4.78, 5) is 37.1. The predicted octanol–water partition coefficient (Wildman–Crippen LogP) is 6.48. The molecule has 1 aromatic heterocycles. The summed E-state index contributed by atoms with van der Waals surface area (Å²) in [6.45, 7) is 3.11. The molecular formula is C37H38N2O5. The summed E-state index contributed by atoms with van der Waals surface area (Å²) in [7, 11) is 2.73. The van der Waals surface area contributed by atoms with Crippen LogP contribution in [0.25, 0.3) is 23.1 Å². The van der Waals surface area contributed by atoms with Gasteiger partial charge in [0.25, 0.3) is 0 Å². The average molecular weight is 591 g/mol. The number of ketones is 1. The average Bonchev–Trinajstić information content (AvgIpc) is 3.73. The van der Waals surface area contributed by atoms with E-state index in [1.165, 1.54) is 59.7 Å². The quantitative estimate of drug-likeness (QED) is 0.180.